The first-order chi connectivity index (χ1) is 9.13. The van der Waals surface area contributed by atoms with Crippen molar-refractivity contribution < 1.29 is 9.59 Å². The molecular weight excluding hydrogens is 282 g/mol. The van der Waals surface area contributed by atoms with Crippen molar-refractivity contribution in [3.8, 4) is 6.07 Å². The third-order valence-electron chi connectivity index (χ3n) is 2.55. The summed E-state index contributed by atoms with van der Waals surface area (Å²) in [4.78, 5) is 24.6. The molecule has 19 heavy (non-hydrogen) atoms. The molecule has 0 radical (unpaired) electrons. The van der Waals surface area contributed by atoms with Crippen LogP contribution in [0.5, 0.6) is 0 Å². The minimum Gasteiger partial charge on any atom is -0.292 e. The van der Waals surface area contributed by atoms with Gasteiger partial charge in [-0.25, -0.2) is 0 Å². The van der Waals surface area contributed by atoms with Crippen molar-refractivity contribution in [1.82, 2.24) is 0 Å². The third-order valence-corrected chi connectivity index (χ3v) is 3.68. The van der Waals surface area contributed by atoms with E-state index in [0.29, 0.717) is 15.5 Å². The SMILES string of the molecule is N#C[C@H](C(=O)c1ccc(Cl)cc1)C(=O)c1cccs1. The number of ketones is 2. The monoisotopic (exact) mass is 289 g/mol. The van der Waals surface area contributed by atoms with E-state index in [1.807, 2.05) is 0 Å². The third kappa shape index (κ3) is 2.90. The quantitative estimate of drug-likeness (QED) is 0.638. The Morgan fingerprint density at radius 3 is 2.37 bits per heavy atom. The van der Waals surface area contributed by atoms with Crippen LogP contribution < -0.4 is 0 Å². The Hall–Kier alpha value is -1.96. The topological polar surface area (TPSA) is 57.9 Å². The highest BCUT2D eigenvalue weighted by molar-refractivity contribution is 7.12. The van der Waals surface area contributed by atoms with Crippen molar-refractivity contribution >= 4 is 34.5 Å². The molecular formula is C14H8ClNO2S. The highest BCUT2D eigenvalue weighted by atomic mass is 35.5. The number of rotatable bonds is 4. The largest absolute Gasteiger partial charge is 0.292 e. The maximum absolute atomic E-state index is 12.1. The van der Waals surface area contributed by atoms with E-state index in [1.54, 1.807) is 35.7 Å². The average molecular weight is 290 g/mol. The van der Waals surface area contributed by atoms with E-state index in [0.717, 1.165) is 0 Å². The summed E-state index contributed by atoms with van der Waals surface area (Å²) in [5.74, 6) is -2.27. The molecule has 1 aromatic carbocycles. The van der Waals surface area contributed by atoms with Crippen molar-refractivity contribution in [1.29, 1.82) is 5.26 Å². The zero-order valence-corrected chi connectivity index (χ0v) is 11.2. The van der Waals surface area contributed by atoms with Crippen LogP contribution in [0.25, 0.3) is 0 Å². The summed E-state index contributed by atoms with van der Waals surface area (Å²) >= 11 is 6.95. The summed E-state index contributed by atoms with van der Waals surface area (Å²) in [6, 6.07) is 11.2. The zero-order chi connectivity index (χ0) is 13.8. The molecule has 1 aromatic heterocycles. The van der Waals surface area contributed by atoms with Crippen molar-refractivity contribution in [2.75, 3.05) is 0 Å². The molecule has 2 rings (SSSR count). The van der Waals surface area contributed by atoms with Gasteiger partial charge in [0.2, 0.25) is 0 Å². The second-order valence-corrected chi connectivity index (χ2v) is 5.16. The van der Waals surface area contributed by atoms with E-state index in [1.165, 1.54) is 23.5 Å². The number of carbonyl (C=O) groups excluding carboxylic acids is 2. The van der Waals surface area contributed by atoms with E-state index in [9.17, 15) is 9.59 Å². The van der Waals surface area contributed by atoms with Gasteiger partial charge in [0.05, 0.1) is 10.9 Å². The van der Waals surface area contributed by atoms with E-state index in [2.05, 4.69) is 0 Å². The molecule has 0 aliphatic rings. The van der Waals surface area contributed by atoms with Crippen molar-refractivity contribution in [2.45, 2.75) is 0 Å². The Kier molecular flexibility index (Phi) is 4.10. The van der Waals surface area contributed by atoms with Gasteiger partial charge in [-0.05, 0) is 35.7 Å². The molecule has 0 spiro atoms. The van der Waals surface area contributed by atoms with Crippen LogP contribution in [0.1, 0.15) is 20.0 Å². The van der Waals surface area contributed by atoms with Crippen molar-refractivity contribution in [3.63, 3.8) is 0 Å². The van der Waals surface area contributed by atoms with E-state index < -0.39 is 17.5 Å². The lowest BCUT2D eigenvalue weighted by atomic mass is 9.94. The lowest BCUT2D eigenvalue weighted by Crippen LogP contribution is -2.22. The van der Waals surface area contributed by atoms with Crippen LogP contribution in [0, 0.1) is 17.2 Å². The molecule has 3 nitrogen and oxygen atoms in total. The number of hydrogen-bond donors (Lipinski definition) is 0. The molecule has 0 saturated carbocycles. The van der Waals surface area contributed by atoms with Gasteiger partial charge < -0.3 is 0 Å². The van der Waals surface area contributed by atoms with Crippen molar-refractivity contribution in [3.05, 3.63) is 57.2 Å². The molecule has 0 bridgehead atoms. The Bertz CT molecular complexity index is 641. The van der Waals surface area contributed by atoms with Gasteiger partial charge in [-0.3, -0.25) is 9.59 Å². The Morgan fingerprint density at radius 1 is 1.16 bits per heavy atom. The van der Waals surface area contributed by atoms with Gasteiger partial charge in [-0.2, -0.15) is 5.26 Å². The van der Waals surface area contributed by atoms with Crippen LogP contribution in [0.2, 0.25) is 5.02 Å². The summed E-state index contributed by atoms with van der Waals surface area (Å²) in [7, 11) is 0. The van der Waals surface area contributed by atoms with E-state index in [-0.39, 0.29) is 0 Å². The van der Waals surface area contributed by atoms with E-state index >= 15 is 0 Å². The fourth-order valence-corrected chi connectivity index (χ4v) is 2.40. The normalized spacial score (nSPS) is 11.6. The van der Waals surface area contributed by atoms with Gasteiger partial charge in [0, 0.05) is 10.6 Å². The minimum atomic E-state index is -1.31. The number of benzene rings is 1. The maximum atomic E-state index is 12.1. The number of thiophene rings is 1. The molecule has 0 unspecified atom stereocenters. The van der Waals surface area contributed by atoms with Gasteiger partial charge in [0.25, 0.3) is 0 Å². The molecule has 0 aliphatic heterocycles. The predicted molar refractivity (Wildman–Crippen MR) is 73.5 cm³/mol. The van der Waals surface area contributed by atoms with Gasteiger partial charge in [-0.15, -0.1) is 11.3 Å². The molecule has 2 aromatic rings. The summed E-state index contributed by atoms with van der Waals surface area (Å²) in [5, 5.41) is 11.3. The number of Topliss-reactive ketones (excluding diaryl/α,β-unsaturated/α-hetero) is 2. The second-order valence-electron chi connectivity index (χ2n) is 3.77. The van der Waals surface area contributed by atoms with Gasteiger partial charge in [0.15, 0.2) is 17.5 Å². The first-order valence-corrected chi connectivity index (χ1v) is 6.66. The number of nitrogens with zero attached hydrogens (tertiary/aromatic N) is 1. The summed E-state index contributed by atoms with van der Waals surface area (Å²) in [6.07, 6.45) is 0. The molecule has 0 fully saturated rings. The predicted octanol–water partition coefficient (Wildman–Crippen LogP) is 3.61. The minimum absolute atomic E-state index is 0.306. The lowest BCUT2D eigenvalue weighted by Gasteiger charge is -2.06. The average Bonchev–Trinajstić information content (AvgIpc) is 2.94. The number of carbonyl (C=O) groups is 2. The lowest BCUT2D eigenvalue weighted by molar-refractivity contribution is 0.0848. The van der Waals surface area contributed by atoms with Gasteiger partial charge in [0.1, 0.15) is 0 Å². The highest BCUT2D eigenvalue weighted by Crippen LogP contribution is 2.19. The van der Waals surface area contributed by atoms with Gasteiger partial charge >= 0.3 is 0 Å². The molecule has 0 N–H and O–H groups in total. The first-order valence-electron chi connectivity index (χ1n) is 5.40. The van der Waals surface area contributed by atoms with Crippen LogP contribution in [0.4, 0.5) is 0 Å². The molecule has 1 heterocycles. The number of halogens is 1. The second kappa shape index (κ2) is 5.79. The summed E-state index contributed by atoms with van der Waals surface area (Å²) in [5.41, 5.74) is 0.306. The number of nitriles is 1. The van der Waals surface area contributed by atoms with Crippen LogP contribution in [-0.2, 0) is 0 Å². The van der Waals surface area contributed by atoms with Crippen LogP contribution in [0.3, 0.4) is 0 Å². The standard InChI is InChI=1S/C14H8ClNO2S/c15-10-5-3-9(4-6-10)13(17)11(8-16)14(18)12-2-1-7-19-12/h1-7,11H/t11-/m1/s1. The van der Waals surface area contributed by atoms with Crippen LogP contribution in [0.15, 0.2) is 41.8 Å². The van der Waals surface area contributed by atoms with Crippen molar-refractivity contribution in [2.24, 2.45) is 5.92 Å². The molecule has 1 atom stereocenters. The molecule has 5 heteroatoms. The first kappa shape index (κ1) is 13.5. The van der Waals surface area contributed by atoms with E-state index in [4.69, 9.17) is 16.9 Å². The Balaban J connectivity index is 2.28. The fourth-order valence-electron chi connectivity index (χ4n) is 1.58. The van der Waals surface area contributed by atoms with Crippen LogP contribution in [-0.4, -0.2) is 11.6 Å². The molecule has 0 amide bonds. The highest BCUT2D eigenvalue weighted by Gasteiger charge is 2.28. The molecule has 0 aliphatic carbocycles. The zero-order valence-electron chi connectivity index (χ0n) is 9.67. The molecule has 0 saturated heterocycles. The Morgan fingerprint density at radius 2 is 1.84 bits per heavy atom. The number of hydrogen-bond acceptors (Lipinski definition) is 4. The fraction of sp³-hybridized carbons (Fsp3) is 0.0714. The smallest absolute Gasteiger partial charge is 0.197 e. The summed E-state index contributed by atoms with van der Waals surface area (Å²) < 4.78 is 0. The van der Waals surface area contributed by atoms with Crippen LogP contribution >= 0.6 is 22.9 Å². The molecule has 94 valence electrons. The maximum Gasteiger partial charge on any atom is 0.197 e. The Labute approximate surface area is 119 Å². The van der Waals surface area contributed by atoms with Gasteiger partial charge in [-0.1, -0.05) is 17.7 Å². The summed E-state index contributed by atoms with van der Waals surface area (Å²) in [6.45, 7) is 0.